The molecule has 0 radical (unpaired) electrons. The summed E-state index contributed by atoms with van der Waals surface area (Å²) in [6.07, 6.45) is 1.40. The van der Waals surface area contributed by atoms with Crippen LogP contribution < -0.4 is 10.6 Å². The highest BCUT2D eigenvalue weighted by molar-refractivity contribution is 14.1. The molecule has 0 atom stereocenters. The van der Waals surface area contributed by atoms with Crippen LogP contribution in [0.5, 0.6) is 0 Å². The quantitative estimate of drug-likeness (QED) is 0.374. The third-order valence-electron chi connectivity index (χ3n) is 3.01. The summed E-state index contributed by atoms with van der Waals surface area (Å²) in [6, 6.07) is 15.1. The van der Waals surface area contributed by atoms with Crippen LogP contribution in [0.3, 0.4) is 0 Å². The number of carbonyl (C=O) groups excluding carboxylic acids is 1. The van der Waals surface area contributed by atoms with Crippen molar-refractivity contribution < 1.29 is 4.79 Å². The van der Waals surface area contributed by atoms with Crippen LogP contribution in [0, 0.1) is 21.8 Å². The van der Waals surface area contributed by atoms with E-state index >= 15 is 0 Å². The Hall–Kier alpha value is -1.85. The zero-order valence-corrected chi connectivity index (χ0v) is 16.0. The zero-order valence-electron chi connectivity index (χ0n) is 12.2. The molecule has 0 aliphatic rings. The van der Waals surface area contributed by atoms with Crippen LogP contribution in [-0.4, -0.2) is 5.91 Å². The molecule has 0 bridgehead atoms. The van der Waals surface area contributed by atoms with Crippen LogP contribution in [0.15, 0.2) is 58.7 Å². The van der Waals surface area contributed by atoms with Crippen molar-refractivity contribution >= 4 is 55.8 Å². The van der Waals surface area contributed by atoms with Gasteiger partial charge in [-0.05, 0) is 71.5 Å². The molecule has 2 rings (SSSR count). The van der Waals surface area contributed by atoms with Gasteiger partial charge in [0.1, 0.15) is 11.6 Å². The average Bonchev–Trinajstić information content (AvgIpc) is 2.51. The number of hydrogen-bond donors (Lipinski definition) is 2. The molecule has 0 unspecified atom stereocenters. The maximum atomic E-state index is 12.2. The SMILES string of the molecule is Cc1cc(I)ccc1NC(=O)/C(C#N)=C\Nc1cccc(Br)c1. The summed E-state index contributed by atoms with van der Waals surface area (Å²) in [5.74, 6) is -0.445. The van der Waals surface area contributed by atoms with Gasteiger partial charge in [0.05, 0.1) is 0 Å². The van der Waals surface area contributed by atoms with E-state index in [4.69, 9.17) is 0 Å². The molecule has 116 valence electrons. The number of carbonyl (C=O) groups is 1. The topological polar surface area (TPSA) is 64.9 Å². The first kappa shape index (κ1) is 17.5. The average molecular weight is 482 g/mol. The number of nitriles is 1. The molecule has 0 spiro atoms. The number of amides is 1. The second-order valence-electron chi connectivity index (χ2n) is 4.74. The number of rotatable bonds is 4. The van der Waals surface area contributed by atoms with Crippen molar-refractivity contribution in [3.05, 3.63) is 67.8 Å². The van der Waals surface area contributed by atoms with Crippen molar-refractivity contribution in [1.29, 1.82) is 5.26 Å². The minimum Gasteiger partial charge on any atom is -0.360 e. The van der Waals surface area contributed by atoms with Crippen LogP contribution in [0.2, 0.25) is 0 Å². The van der Waals surface area contributed by atoms with Gasteiger partial charge < -0.3 is 10.6 Å². The fourth-order valence-corrected chi connectivity index (χ4v) is 2.89. The van der Waals surface area contributed by atoms with E-state index in [2.05, 4.69) is 49.2 Å². The molecule has 4 nitrogen and oxygen atoms in total. The Kier molecular flexibility index (Phi) is 6.19. The van der Waals surface area contributed by atoms with E-state index in [1.165, 1.54) is 6.20 Å². The van der Waals surface area contributed by atoms with Gasteiger partial charge in [-0.2, -0.15) is 5.26 Å². The minimum atomic E-state index is -0.445. The molecule has 0 aliphatic heterocycles. The van der Waals surface area contributed by atoms with Gasteiger partial charge in [-0.1, -0.05) is 22.0 Å². The number of benzene rings is 2. The lowest BCUT2D eigenvalue weighted by Crippen LogP contribution is -2.15. The van der Waals surface area contributed by atoms with Crippen LogP contribution >= 0.6 is 38.5 Å². The predicted octanol–water partition coefficient (Wildman–Crippen LogP) is 4.82. The van der Waals surface area contributed by atoms with Crippen molar-refractivity contribution in [3.63, 3.8) is 0 Å². The summed E-state index contributed by atoms with van der Waals surface area (Å²) in [6.45, 7) is 1.91. The van der Waals surface area contributed by atoms with Gasteiger partial charge in [0, 0.05) is 25.6 Å². The van der Waals surface area contributed by atoms with E-state index < -0.39 is 5.91 Å². The fourth-order valence-electron chi connectivity index (χ4n) is 1.84. The Bertz CT molecular complexity index is 812. The Labute approximate surface area is 156 Å². The van der Waals surface area contributed by atoms with E-state index in [1.807, 2.05) is 55.5 Å². The lowest BCUT2D eigenvalue weighted by atomic mass is 10.2. The maximum Gasteiger partial charge on any atom is 0.267 e. The lowest BCUT2D eigenvalue weighted by molar-refractivity contribution is -0.112. The Morgan fingerprint density at radius 1 is 1.30 bits per heavy atom. The minimum absolute atomic E-state index is 0.00271. The molecule has 0 fully saturated rings. The normalized spacial score (nSPS) is 10.8. The molecule has 23 heavy (non-hydrogen) atoms. The summed E-state index contributed by atoms with van der Waals surface area (Å²) < 4.78 is 2.00. The molecule has 0 aromatic heterocycles. The van der Waals surface area contributed by atoms with Gasteiger partial charge in [-0.25, -0.2) is 0 Å². The Morgan fingerprint density at radius 2 is 2.09 bits per heavy atom. The van der Waals surface area contributed by atoms with Crippen molar-refractivity contribution in [2.45, 2.75) is 6.92 Å². The Morgan fingerprint density at radius 3 is 2.74 bits per heavy atom. The number of hydrogen-bond acceptors (Lipinski definition) is 3. The molecule has 2 aromatic carbocycles. The van der Waals surface area contributed by atoms with Gasteiger partial charge in [-0.3, -0.25) is 4.79 Å². The lowest BCUT2D eigenvalue weighted by Gasteiger charge is -2.08. The summed E-state index contributed by atoms with van der Waals surface area (Å²) in [5, 5.41) is 14.9. The summed E-state index contributed by atoms with van der Waals surface area (Å²) >= 11 is 5.58. The molecular formula is C17H13BrIN3O. The summed E-state index contributed by atoms with van der Waals surface area (Å²) in [4.78, 5) is 12.2. The highest BCUT2D eigenvalue weighted by Crippen LogP contribution is 2.19. The molecule has 0 aliphatic carbocycles. The second-order valence-corrected chi connectivity index (χ2v) is 6.90. The molecular weight excluding hydrogens is 469 g/mol. The van der Waals surface area contributed by atoms with Crippen molar-refractivity contribution in [1.82, 2.24) is 0 Å². The van der Waals surface area contributed by atoms with Gasteiger partial charge in [0.15, 0.2) is 0 Å². The Balaban J connectivity index is 2.12. The smallest absolute Gasteiger partial charge is 0.267 e. The van der Waals surface area contributed by atoms with Crippen LogP contribution in [0.25, 0.3) is 0 Å². The molecule has 1 amide bonds. The van der Waals surface area contributed by atoms with Crippen molar-refractivity contribution in [3.8, 4) is 6.07 Å². The largest absolute Gasteiger partial charge is 0.360 e. The number of nitrogens with zero attached hydrogens (tertiary/aromatic N) is 1. The maximum absolute atomic E-state index is 12.2. The highest BCUT2D eigenvalue weighted by Gasteiger charge is 2.10. The predicted molar refractivity (Wildman–Crippen MR) is 104 cm³/mol. The third kappa shape index (κ3) is 5.08. The fraction of sp³-hybridized carbons (Fsp3) is 0.0588. The monoisotopic (exact) mass is 481 g/mol. The number of nitrogens with one attached hydrogen (secondary N) is 2. The van der Waals surface area contributed by atoms with Crippen LogP contribution in [0.4, 0.5) is 11.4 Å². The van der Waals surface area contributed by atoms with Gasteiger partial charge >= 0.3 is 0 Å². The molecule has 2 aromatic rings. The van der Waals surface area contributed by atoms with Crippen molar-refractivity contribution in [2.75, 3.05) is 10.6 Å². The van der Waals surface area contributed by atoms with E-state index in [9.17, 15) is 10.1 Å². The number of halogens is 2. The number of aryl methyl sites for hydroxylation is 1. The van der Waals surface area contributed by atoms with Gasteiger partial charge in [0.25, 0.3) is 5.91 Å². The van der Waals surface area contributed by atoms with E-state index in [0.29, 0.717) is 5.69 Å². The molecule has 0 saturated carbocycles. The summed E-state index contributed by atoms with van der Waals surface area (Å²) in [7, 11) is 0. The third-order valence-corrected chi connectivity index (χ3v) is 4.17. The first-order valence-corrected chi connectivity index (χ1v) is 8.56. The highest BCUT2D eigenvalue weighted by atomic mass is 127. The van der Waals surface area contributed by atoms with Crippen LogP contribution in [-0.2, 0) is 4.79 Å². The summed E-state index contributed by atoms with van der Waals surface area (Å²) in [5.41, 5.74) is 2.43. The first-order valence-electron chi connectivity index (χ1n) is 6.69. The van der Waals surface area contributed by atoms with Crippen molar-refractivity contribution in [2.24, 2.45) is 0 Å². The second kappa shape index (κ2) is 8.13. The van der Waals surface area contributed by atoms with E-state index in [0.717, 1.165) is 19.3 Å². The molecule has 0 heterocycles. The standard InChI is InChI=1S/C17H13BrIN3O/c1-11-7-14(19)5-6-16(11)22-17(23)12(9-20)10-21-15-4-2-3-13(18)8-15/h2-8,10,21H,1H3,(H,22,23)/b12-10-. The molecule has 6 heteroatoms. The first-order chi connectivity index (χ1) is 11.0. The number of anilines is 2. The van der Waals surface area contributed by atoms with E-state index in [1.54, 1.807) is 0 Å². The van der Waals surface area contributed by atoms with Gasteiger partial charge in [0.2, 0.25) is 0 Å². The molecule has 2 N–H and O–H groups in total. The molecule has 0 saturated heterocycles. The zero-order chi connectivity index (χ0) is 16.8. The van der Waals surface area contributed by atoms with E-state index in [-0.39, 0.29) is 5.57 Å². The van der Waals surface area contributed by atoms with Gasteiger partial charge in [-0.15, -0.1) is 0 Å². The van der Waals surface area contributed by atoms with Crippen LogP contribution in [0.1, 0.15) is 5.56 Å².